The van der Waals surface area contributed by atoms with Crippen molar-refractivity contribution in [3.8, 4) is 5.75 Å². The van der Waals surface area contributed by atoms with E-state index in [4.69, 9.17) is 18.9 Å². The van der Waals surface area contributed by atoms with E-state index < -0.39 is 11.7 Å². The average molecular weight is 626 g/mol. The molecule has 3 aromatic rings. The summed E-state index contributed by atoms with van der Waals surface area (Å²) in [5.74, 6) is 0.425. The number of likely N-dealkylation sites (tertiary alicyclic amines) is 1. The Morgan fingerprint density at radius 3 is 2.33 bits per heavy atom. The van der Waals surface area contributed by atoms with Crippen LogP contribution in [0.25, 0.3) is 10.9 Å². The molecule has 4 rings (SSSR count). The number of anilines is 1. The lowest BCUT2D eigenvalue weighted by atomic mass is 9.92. The summed E-state index contributed by atoms with van der Waals surface area (Å²) in [5, 5.41) is 4.44. The molecule has 1 atom stereocenters. The number of benzene rings is 2. The molecule has 1 N–H and O–H groups in total. The molecule has 1 aliphatic rings. The van der Waals surface area contributed by atoms with E-state index in [0.29, 0.717) is 25.3 Å². The summed E-state index contributed by atoms with van der Waals surface area (Å²) in [6.45, 7) is 18.3. The Morgan fingerprint density at radius 1 is 1.00 bits per heavy atom. The third-order valence-corrected chi connectivity index (χ3v) is 7.47. The Morgan fingerprint density at radius 2 is 1.71 bits per heavy atom. The molecule has 250 valence electrons. The maximum atomic E-state index is 13.1. The molecule has 1 aliphatic heterocycles. The zero-order valence-corrected chi connectivity index (χ0v) is 29.3. The van der Waals surface area contributed by atoms with E-state index in [0.717, 1.165) is 64.8 Å². The van der Waals surface area contributed by atoms with Crippen molar-refractivity contribution in [2.24, 2.45) is 0 Å². The number of rotatable bonds is 9. The van der Waals surface area contributed by atoms with E-state index in [1.54, 1.807) is 25.0 Å². The van der Waals surface area contributed by atoms with Crippen LogP contribution in [0.1, 0.15) is 101 Å². The standard InChI is InChI=1S/C32H43N3O6.2C2H6/c1-21-18-28(39-6)25(23-13-16-35(29(21)23)31(37)41-32(2,3)4)20-34-15-9-8-10-27(34)24-12-11-22(30(36)40-7)19-26(24)33-14-17-38-5;2*1-2/h11-13,16,18-19,27,33H,8-10,14-15,17,20H2,1-7H3;2*1-2H3. The van der Waals surface area contributed by atoms with Crippen LogP contribution in [0.3, 0.4) is 0 Å². The number of carbonyl (C=O) groups is 2. The summed E-state index contributed by atoms with van der Waals surface area (Å²) in [4.78, 5) is 27.8. The molecule has 1 saturated heterocycles. The number of piperidine rings is 1. The summed E-state index contributed by atoms with van der Waals surface area (Å²) in [5.41, 5.74) is 4.73. The lowest BCUT2D eigenvalue weighted by Crippen LogP contribution is -2.33. The maximum Gasteiger partial charge on any atom is 0.419 e. The van der Waals surface area contributed by atoms with E-state index in [2.05, 4.69) is 10.2 Å². The van der Waals surface area contributed by atoms with Crippen molar-refractivity contribution < 1.29 is 28.5 Å². The molecule has 0 radical (unpaired) electrons. The number of aromatic nitrogens is 1. The van der Waals surface area contributed by atoms with Crippen molar-refractivity contribution in [1.82, 2.24) is 9.47 Å². The molecule has 0 amide bonds. The number of methoxy groups -OCH3 is 3. The van der Waals surface area contributed by atoms with Crippen LogP contribution in [0, 0.1) is 6.92 Å². The van der Waals surface area contributed by atoms with Crippen LogP contribution in [-0.2, 0) is 20.8 Å². The fourth-order valence-corrected chi connectivity index (χ4v) is 5.64. The zero-order chi connectivity index (χ0) is 33.7. The summed E-state index contributed by atoms with van der Waals surface area (Å²) in [6.07, 6.45) is 4.55. The highest BCUT2D eigenvalue weighted by atomic mass is 16.6. The number of fused-ring (bicyclic) bond motifs is 1. The molecule has 2 aromatic carbocycles. The second-order valence-electron chi connectivity index (χ2n) is 11.5. The molecule has 0 bridgehead atoms. The van der Waals surface area contributed by atoms with Crippen molar-refractivity contribution in [2.45, 2.75) is 92.8 Å². The minimum Gasteiger partial charge on any atom is -0.496 e. The minimum atomic E-state index is -0.601. The molecule has 2 heterocycles. The fourth-order valence-electron chi connectivity index (χ4n) is 5.64. The molecule has 0 aliphatic carbocycles. The fraction of sp³-hybridized carbons (Fsp3) is 0.556. The van der Waals surface area contributed by atoms with Gasteiger partial charge in [0.05, 0.1) is 31.9 Å². The van der Waals surface area contributed by atoms with Gasteiger partial charge in [-0.05, 0) is 82.5 Å². The Labute approximate surface area is 270 Å². The second-order valence-corrected chi connectivity index (χ2v) is 11.5. The van der Waals surface area contributed by atoms with Crippen LogP contribution in [0.2, 0.25) is 0 Å². The van der Waals surface area contributed by atoms with E-state index in [1.165, 1.54) is 7.11 Å². The van der Waals surface area contributed by atoms with Crippen LogP contribution in [0.4, 0.5) is 10.5 Å². The number of nitrogens with one attached hydrogen (secondary N) is 1. The number of ether oxygens (including phenoxy) is 4. The molecule has 1 fully saturated rings. The summed E-state index contributed by atoms with van der Waals surface area (Å²) >= 11 is 0. The van der Waals surface area contributed by atoms with Crippen LogP contribution in [0.5, 0.6) is 5.75 Å². The molecular weight excluding hydrogens is 570 g/mol. The summed E-state index contributed by atoms with van der Waals surface area (Å²) in [6, 6.07) is 9.84. The lowest BCUT2D eigenvalue weighted by Gasteiger charge is -2.37. The maximum absolute atomic E-state index is 13.1. The Bertz CT molecular complexity index is 1390. The SMILES string of the molecule is CC.CC.COCCNc1cc(C(=O)OC)ccc1C1CCCCN1Cc1c(OC)cc(C)c2c1ccn2C(=O)OC(C)(C)C. The van der Waals surface area contributed by atoms with Crippen LogP contribution in [-0.4, -0.2) is 68.2 Å². The monoisotopic (exact) mass is 625 g/mol. The third kappa shape index (κ3) is 9.47. The van der Waals surface area contributed by atoms with Gasteiger partial charge in [0.15, 0.2) is 0 Å². The second kappa shape index (κ2) is 17.8. The lowest BCUT2D eigenvalue weighted by molar-refractivity contribution is 0.0542. The first-order valence-electron chi connectivity index (χ1n) is 16.2. The van der Waals surface area contributed by atoms with Gasteiger partial charge in [-0.25, -0.2) is 9.59 Å². The van der Waals surface area contributed by atoms with Gasteiger partial charge >= 0.3 is 12.1 Å². The van der Waals surface area contributed by atoms with Gasteiger partial charge in [0.2, 0.25) is 0 Å². The first-order valence-corrected chi connectivity index (χ1v) is 16.2. The summed E-state index contributed by atoms with van der Waals surface area (Å²) < 4.78 is 23.4. The van der Waals surface area contributed by atoms with E-state index in [9.17, 15) is 9.59 Å². The van der Waals surface area contributed by atoms with Gasteiger partial charge in [0.1, 0.15) is 11.4 Å². The topological polar surface area (TPSA) is 91.3 Å². The highest BCUT2D eigenvalue weighted by molar-refractivity contribution is 5.95. The zero-order valence-electron chi connectivity index (χ0n) is 29.3. The van der Waals surface area contributed by atoms with Crippen molar-refractivity contribution in [2.75, 3.05) is 46.3 Å². The third-order valence-electron chi connectivity index (χ3n) is 7.47. The first-order chi connectivity index (χ1) is 21.6. The molecular formula is C36H55N3O6. The average Bonchev–Trinajstić information content (AvgIpc) is 3.50. The van der Waals surface area contributed by atoms with Gasteiger partial charge in [-0.15, -0.1) is 0 Å². The number of hydrogen-bond acceptors (Lipinski definition) is 8. The minimum absolute atomic E-state index is 0.120. The number of aryl methyl sites for hydroxylation is 1. The molecule has 45 heavy (non-hydrogen) atoms. The van der Waals surface area contributed by atoms with Crippen LogP contribution >= 0.6 is 0 Å². The van der Waals surface area contributed by atoms with E-state index >= 15 is 0 Å². The van der Waals surface area contributed by atoms with Gasteiger partial charge in [-0.2, -0.15) is 0 Å². The number of nitrogens with zero attached hydrogens (tertiary/aromatic N) is 2. The normalized spacial score (nSPS) is 14.9. The Hall–Kier alpha value is -3.56. The predicted molar refractivity (Wildman–Crippen MR) is 183 cm³/mol. The van der Waals surface area contributed by atoms with Crippen molar-refractivity contribution >= 4 is 28.7 Å². The van der Waals surface area contributed by atoms with Gasteiger partial charge in [-0.1, -0.05) is 40.2 Å². The highest BCUT2D eigenvalue weighted by Gasteiger charge is 2.29. The quantitative estimate of drug-likeness (QED) is 0.187. The molecule has 1 unspecified atom stereocenters. The van der Waals surface area contributed by atoms with E-state index in [-0.39, 0.29) is 12.0 Å². The largest absolute Gasteiger partial charge is 0.496 e. The first kappa shape index (κ1) is 37.6. The smallest absolute Gasteiger partial charge is 0.419 e. The Balaban J connectivity index is 0.00000169. The van der Waals surface area contributed by atoms with Crippen LogP contribution < -0.4 is 10.1 Å². The van der Waals surface area contributed by atoms with Gasteiger partial charge in [0.25, 0.3) is 0 Å². The van der Waals surface area contributed by atoms with Gasteiger partial charge in [-0.3, -0.25) is 9.47 Å². The van der Waals surface area contributed by atoms with Crippen molar-refractivity contribution in [3.05, 3.63) is 58.8 Å². The van der Waals surface area contributed by atoms with Crippen LogP contribution in [0.15, 0.2) is 36.5 Å². The molecule has 0 saturated carbocycles. The number of hydrogen-bond donors (Lipinski definition) is 1. The predicted octanol–water partition coefficient (Wildman–Crippen LogP) is 8.37. The van der Waals surface area contributed by atoms with Crippen molar-refractivity contribution in [1.29, 1.82) is 0 Å². The van der Waals surface area contributed by atoms with Gasteiger partial charge in [0, 0.05) is 49.1 Å². The number of carbonyl (C=O) groups excluding carboxylic acids is 2. The Kier molecular flexibility index (Phi) is 14.9. The molecule has 9 heteroatoms. The van der Waals surface area contributed by atoms with Crippen molar-refractivity contribution in [3.63, 3.8) is 0 Å². The van der Waals surface area contributed by atoms with Gasteiger partial charge < -0.3 is 24.3 Å². The summed E-state index contributed by atoms with van der Waals surface area (Å²) in [7, 11) is 4.75. The molecule has 1 aromatic heterocycles. The highest BCUT2D eigenvalue weighted by Crippen LogP contribution is 2.40. The number of esters is 1. The van der Waals surface area contributed by atoms with E-state index in [1.807, 2.05) is 85.7 Å². The molecule has 0 spiro atoms. The molecule has 9 nitrogen and oxygen atoms in total.